The van der Waals surface area contributed by atoms with Crippen molar-refractivity contribution in [2.75, 3.05) is 10.6 Å². The summed E-state index contributed by atoms with van der Waals surface area (Å²) >= 11 is 5.97. The largest absolute Gasteiger partial charge is 0.480 e. The molecule has 3 amide bonds. The number of benzene rings is 2. The van der Waals surface area contributed by atoms with Crippen molar-refractivity contribution in [3.63, 3.8) is 0 Å². The number of carbonyl (C=O) groups excluding carboxylic acids is 2. The molecular weight excluding hydrogens is 448 g/mol. The Morgan fingerprint density at radius 3 is 2.36 bits per heavy atom. The topological polar surface area (TPSA) is 134 Å². The number of hydrogen-bond donors (Lipinski definition) is 4. The third kappa shape index (κ3) is 6.11. The first-order valence-electron chi connectivity index (χ1n) is 10.1. The van der Waals surface area contributed by atoms with Gasteiger partial charge in [-0.2, -0.15) is 0 Å². The lowest BCUT2D eigenvalue weighted by molar-refractivity contribution is -0.140. The molecule has 0 bridgehead atoms. The van der Waals surface area contributed by atoms with Gasteiger partial charge in [0.15, 0.2) is 0 Å². The highest BCUT2D eigenvalue weighted by atomic mass is 35.5. The van der Waals surface area contributed by atoms with Gasteiger partial charge in [-0.15, -0.1) is 0 Å². The van der Waals surface area contributed by atoms with Gasteiger partial charge < -0.3 is 25.6 Å². The van der Waals surface area contributed by atoms with Crippen LogP contribution in [0, 0.1) is 12.8 Å². The minimum atomic E-state index is -1.13. The van der Waals surface area contributed by atoms with Crippen molar-refractivity contribution in [3.8, 4) is 11.3 Å². The van der Waals surface area contributed by atoms with Crippen molar-refractivity contribution < 1.29 is 24.0 Å². The molecule has 10 heteroatoms. The fraction of sp³-hybridized carbons (Fsp3) is 0.217. The number of nitrogens with zero attached hydrogens (tertiary/aromatic N) is 1. The quantitative estimate of drug-likeness (QED) is 0.392. The Bertz CT molecular complexity index is 1170. The van der Waals surface area contributed by atoms with Gasteiger partial charge in [0.1, 0.15) is 11.7 Å². The molecule has 1 aromatic heterocycles. The summed E-state index contributed by atoms with van der Waals surface area (Å²) < 4.78 is 5.08. The first-order chi connectivity index (χ1) is 15.6. The highest BCUT2D eigenvalue weighted by Crippen LogP contribution is 2.23. The van der Waals surface area contributed by atoms with E-state index in [1.807, 2.05) is 13.0 Å². The molecule has 1 heterocycles. The summed E-state index contributed by atoms with van der Waals surface area (Å²) in [6.45, 7) is 5.24. The SMILES string of the molecule is Cc1ccc(Cl)cc1NC(=O)Nc1ccc(-c2cc(C(=O)N[C@H](C(=O)O)C(C)C)on2)cc1. The zero-order chi connectivity index (χ0) is 24.1. The van der Waals surface area contributed by atoms with Crippen molar-refractivity contribution in [1.82, 2.24) is 10.5 Å². The minimum Gasteiger partial charge on any atom is -0.480 e. The van der Waals surface area contributed by atoms with Crippen LogP contribution in [0.4, 0.5) is 16.2 Å². The Morgan fingerprint density at radius 2 is 1.73 bits per heavy atom. The number of hydrogen-bond acceptors (Lipinski definition) is 5. The molecule has 0 radical (unpaired) electrons. The van der Waals surface area contributed by atoms with Crippen molar-refractivity contribution in [3.05, 3.63) is 64.9 Å². The van der Waals surface area contributed by atoms with E-state index in [0.717, 1.165) is 5.56 Å². The maximum absolute atomic E-state index is 12.3. The van der Waals surface area contributed by atoms with Crippen LogP contribution < -0.4 is 16.0 Å². The Morgan fingerprint density at radius 1 is 1.03 bits per heavy atom. The zero-order valence-corrected chi connectivity index (χ0v) is 18.9. The number of carboxylic acid groups (broad SMARTS) is 1. The summed E-state index contributed by atoms with van der Waals surface area (Å²) in [5, 5.41) is 21.5. The number of aliphatic carboxylic acids is 1. The summed E-state index contributed by atoms with van der Waals surface area (Å²) in [7, 11) is 0. The lowest BCUT2D eigenvalue weighted by Crippen LogP contribution is -2.44. The van der Waals surface area contributed by atoms with Crippen LogP contribution in [-0.4, -0.2) is 34.2 Å². The van der Waals surface area contributed by atoms with E-state index in [1.54, 1.807) is 50.2 Å². The predicted molar refractivity (Wildman–Crippen MR) is 124 cm³/mol. The summed E-state index contributed by atoms with van der Waals surface area (Å²) in [4.78, 5) is 35.9. The van der Waals surface area contributed by atoms with Crippen LogP contribution >= 0.6 is 11.6 Å². The predicted octanol–water partition coefficient (Wildman–Crippen LogP) is 4.79. The number of nitrogens with one attached hydrogen (secondary N) is 3. The highest BCUT2D eigenvalue weighted by molar-refractivity contribution is 6.31. The van der Waals surface area contributed by atoms with E-state index in [9.17, 15) is 19.5 Å². The molecule has 3 rings (SSSR count). The molecule has 0 aliphatic heterocycles. The van der Waals surface area contributed by atoms with Crippen LogP contribution in [0.3, 0.4) is 0 Å². The van der Waals surface area contributed by atoms with E-state index >= 15 is 0 Å². The summed E-state index contributed by atoms with van der Waals surface area (Å²) in [6.07, 6.45) is 0. The fourth-order valence-corrected chi connectivity index (χ4v) is 3.15. The van der Waals surface area contributed by atoms with E-state index in [2.05, 4.69) is 21.1 Å². The monoisotopic (exact) mass is 470 g/mol. The van der Waals surface area contributed by atoms with Crippen LogP contribution in [0.15, 0.2) is 53.1 Å². The third-order valence-electron chi connectivity index (χ3n) is 4.84. The second-order valence-electron chi connectivity index (χ2n) is 7.73. The smallest absolute Gasteiger partial charge is 0.326 e. The molecule has 172 valence electrons. The number of carboxylic acids is 1. The van der Waals surface area contributed by atoms with Gasteiger partial charge in [-0.05, 0) is 42.7 Å². The first-order valence-corrected chi connectivity index (χ1v) is 10.5. The maximum atomic E-state index is 12.3. The van der Waals surface area contributed by atoms with E-state index in [4.69, 9.17) is 16.1 Å². The van der Waals surface area contributed by atoms with Crippen LogP contribution in [0.2, 0.25) is 5.02 Å². The summed E-state index contributed by atoms with van der Waals surface area (Å²) in [5.74, 6) is -2.19. The number of aromatic nitrogens is 1. The highest BCUT2D eigenvalue weighted by Gasteiger charge is 2.25. The lowest BCUT2D eigenvalue weighted by Gasteiger charge is -2.16. The van der Waals surface area contributed by atoms with Gasteiger partial charge in [0, 0.05) is 28.0 Å². The molecule has 4 N–H and O–H groups in total. The van der Waals surface area contributed by atoms with E-state index in [0.29, 0.717) is 27.7 Å². The Kier molecular flexibility index (Phi) is 7.34. The minimum absolute atomic E-state index is 0.102. The standard InChI is InChI=1S/C23H23ClN4O5/c1-12(2)20(22(30)31)27-21(29)19-11-18(28-33-19)14-5-8-16(9-6-14)25-23(32)26-17-10-15(24)7-4-13(17)3/h4-12,20H,1-3H3,(H,27,29)(H,30,31)(H2,25,26,32)/t20-/m0/s1. The van der Waals surface area contributed by atoms with Crippen molar-refractivity contribution in [2.24, 2.45) is 5.92 Å². The van der Waals surface area contributed by atoms with Crippen LogP contribution in [0.1, 0.15) is 30.0 Å². The Labute approximate surface area is 195 Å². The number of aryl methyl sites for hydroxylation is 1. The van der Waals surface area contributed by atoms with Gasteiger partial charge in [0.2, 0.25) is 5.76 Å². The number of carbonyl (C=O) groups is 3. The van der Waals surface area contributed by atoms with Crippen LogP contribution in [0.5, 0.6) is 0 Å². The molecule has 9 nitrogen and oxygen atoms in total. The molecule has 0 saturated carbocycles. The molecule has 0 aliphatic rings. The van der Waals surface area contributed by atoms with Crippen LogP contribution in [-0.2, 0) is 4.79 Å². The Hall–Kier alpha value is -3.85. The molecule has 0 aliphatic carbocycles. The second kappa shape index (κ2) is 10.2. The third-order valence-corrected chi connectivity index (χ3v) is 5.07. The summed E-state index contributed by atoms with van der Waals surface area (Å²) in [6, 6.07) is 11.9. The molecule has 1 atom stereocenters. The molecule has 33 heavy (non-hydrogen) atoms. The fourth-order valence-electron chi connectivity index (χ4n) is 2.98. The summed E-state index contributed by atoms with van der Waals surface area (Å²) in [5.41, 5.74) is 3.06. The lowest BCUT2D eigenvalue weighted by atomic mass is 10.0. The van der Waals surface area contributed by atoms with Gasteiger partial charge in [-0.25, -0.2) is 9.59 Å². The molecule has 0 saturated heterocycles. The normalized spacial score (nSPS) is 11.7. The van der Waals surface area contributed by atoms with Gasteiger partial charge in [-0.1, -0.05) is 48.8 Å². The molecular formula is C23H23ClN4O5. The number of anilines is 2. The van der Waals surface area contributed by atoms with Gasteiger partial charge in [0.25, 0.3) is 5.91 Å². The van der Waals surface area contributed by atoms with Gasteiger partial charge in [0.05, 0.1) is 0 Å². The molecule has 0 unspecified atom stereocenters. The zero-order valence-electron chi connectivity index (χ0n) is 18.2. The van der Waals surface area contributed by atoms with Gasteiger partial charge >= 0.3 is 12.0 Å². The number of urea groups is 1. The maximum Gasteiger partial charge on any atom is 0.326 e. The number of amides is 3. The van der Waals surface area contributed by atoms with Crippen molar-refractivity contribution in [2.45, 2.75) is 26.8 Å². The van der Waals surface area contributed by atoms with Gasteiger partial charge in [-0.3, -0.25) is 4.79 Å². The second-order valence-corrected chi connectivity index (χ2v) is 8.16. The Balaban J connectivity index is 1.64. The molecule has 3 aromatic rings. The molecule has 0 spiro atoms. The number of rotatable bonds is 7. The average Bonchev–Trinajstić information content (AvgIpc) is 3.25. The van der Waals surface area contributed by atoms with E-state index < -0.39 is 23.9 Å². The average molecular weight is 471 g/mol. The van der Waals surface area contributed by atoms with Crippen LogP contribution in [0.25, 0.3) is 11.3 Å². The van der Waals surface area contributed by atoms with Crippen molar-refractivity contribution in [1.29, 1.82) is 0 Å². The van der Waals surface area contributed by atoms with Crippen molar-refractivity contribution >= 4 is 40.9 Å². The van der Waals surface area contributed by atoms with E-state index in [1.165, 1.54) is 6.07 Å². The molecule has 2 aromatic carbocycles. The molecule has 0 fully saturated rings. The van der Waals surface area contributed by atoms with E-state index in [-0.39, 0.29) is 11.7 Å². The number of halogens is 1. The first kappa shape index (κ1) is 23.8.